The van der Waals surface area contributed by atoms with E-state index in [4.69, 9.17) is 5.11 Å². The van der Waals surface area contributed by atoms with E-state index in [9.17, 15) is 9.18 Å². The van der Waals surface area contributed by atoms with Crippen LogP contribution in [0, 0.1) is 9.39 Å². The standard InChI is InChI=1S/C11H13FINO2/c1-7(5-6-15)14-11(16)10-8(12)3-2-4-9(10)13/h2-4,7,15H,5-6H2,1H3,(H,14,16). The second-order valence-corrected chi connectivity index (χ2v) is 4.65. The van der Waals surface area contributed by atoms with E-state index in [1.165, 1.54) is 6.07 Å². The van der Waals surface area contributed by atoms with Crippen LogP contribution in [0.1, 0.15) is 23.7 Å². The first-order valence-corrected chi connectivity index (χ1v) is 6.00. The number of benzene rings is 1. The molecule has 1 unspecified atom stereocenters. The number of halogens is 2. The minimum absolute atomic E-state index is 0.00416. The van der Waals surface area contributed by atoms with Crippen molar-refractivity contribution in [3.63, 3.8) is 0 Å². The third-order valence-corrected chi connectivity index (χ3v) is 3.03. The van der Waals surface area contributed by atoms with E-state index in [0.717, 1.165) is 0 Å². The Morgan fingerprint density at radius 3 is 2.88 bits per heavy atom. The Morgan fingerprint density at radius 1 is 1.62 bits per heavy atom. The van der Waals surface area contributed by atoms with Gasteiger partial charge >= 0.3 is 0 Å². The Morgan fingerprint density at radius 2 is 2.31 bits per heavy atom. The minimum Gasteiger partial charge on any atom is -0.396 e. The monoisotopic (exact) mass is 337 g/mol. The van der Waals surface area contributed by atoms with Crippen molar-refractivity contribution in [2.75, 3.05) is 6.61 Å². The summed E-state index contributed by atoms with van der Waals surface area (Å²) in [5, 5.41) is 11.3. The van der Waals surface area contributed by atoms with Crippen molar-refractivity contribution < 1.29 is 14.3 Å². The van der Waals surface area contributed by atoms with Gasteiger partial charge in [0.05, 0.1) is 5.56 Å². The highest BCUT2D eigenvalue weighted by molar-refractivity contribution is 14.1. The highest BCUT2D eigenvalue weighted by atomic mass is 127. The number of rotatable bonds is 4. The summed E-state index contributed by atoms with van der Waals surface area (Å²) in [6.07, 6.45) is 0.455. The number of carbonyl (C=O) groups is 1. The van der Waals surface area contributed by atoms with Crippen molar-refractivity contribution in [1.29, 1.82) is 0 Å². The zero-order valence-electron chi connectivity index (χ0n) is 8.84. The van der Waals surface area contributed by atoms with Crippen molar-refractivity contribution in [2.45, 2.75) is 19.4 Å². The van der Waals surface area contributed by atoms with E-state index in [2.05, 4.69) is 5.32 Å². The average Bonchev–Trinajstić information content (AvgIpc) is 2.17. The van der Waals surface area contributed by atoms with Crippen LogP contribution in [0.5, 0.6) is 0 Å². The molecule has 1 atom stereocenters. The average molecular weight is 337 g/mol. The van der Waals surface area contributed by atoms with E-state index >= 15 is 0 Å². The molecule has 1 amide bonds. The summed E-state index contributed by atoms with van der Waals surface area (Å²) in [4.78, 5) is 11.7. The molecule has 0 aliphatic rings. The highest BCUT2D eigenvalue weighted by Crippen LogP contribution is 2.15. The van der Waals surface area contributed by atoms with Crippen LogP contribution in [0.4, 0.5) is 4.39 Å². The zero-order valence-corrected chi connectivity index (χ0v) is 11.0. The van der Waals surface area contributed by atoms with Crippen LogP contribution >= 0.6 is 22.6 Å². The maximum atomic E-state index is 13.4. The summed E-state index contributed by atoms with van der Waals surface area (Å²) in [7, 11) is 0. The predicted octanol–water partition coefficient (Wildman–Crippen LogP) is 1.93. The van der Waals surface area contributed by atoms with Gasteiger partial charge in [0.1, 0.15) is 5.82 Å². The quantitative estimate of drug-likeness (QED) is 0.825. The molecule has 0 saturated heterocycles. The van der Waals surface area contributed by atoms with Crippen molar-refractivity contribution in [1.82, 2.24) is 5.32 Å². The fourth-order valence-corrected chi connectivity index (χ4v) is 1.99. The third-order valence-electron chi connectivity index (χ3n) is 2.13. The molecule has 88 valence electrons. The Bertz CT molecular complexity index is 364. The summed E-state index contributed by atoms with van der Waals surface area (Å²) in [6.45, 7) is 1.76. The molecule has 0 heterocycles. The first-order valence-electron chi connectivity index (χ1n) is 4.92. The van der Waals surface area contributed by atoms with E-state index in [-0.39, 0.29) is 18.2 Å². The number of hydrogen-bond donors (Lipinski definition) is 2. The van der Waals surface area contributed by atoms with Gasteiger partial charge in [0.15, 0.2) is 0 Å². The fraction of sp³-hybridized carbons (Fsp3) is 0.364. The number of hydrogen-bond acceptors (Lipinski definition) is 2. The van der Waals surface area contributed by atoms with Gasteiger partial charge in [-0.3, -0.25) is 4.79 Å². The summed E-state index contributed by atoms with van der Waals surface area (Å²) in [5.74, 6) is -0.968. The molecule has 0 aromatic heterocycles. The molecule has 0 spiro atoms. The lowest BCUT2D eigenvalue weighted by atomic mass is 10.1. The molecule has 5 heteroatoms. The fourth-order valence-electron chi connectivity index (χ4n) is 1.28. The summed E-state index contributed by atoms with van der Waals surface area (Å²) >= 11 is 1.92. The Kier molecular flexibility index (Phi) is 5.14. The lowest BCUT2D eigenvalue weighted by Gasteiger charge is -2.13. The topological polar surface area (TPSA) is 49.3 Å². The molecule has 0 aliphatic heterocycles. The van der Waals surface area contributed by atoms with Crippen molar-refractivity contribution in [3.8, 4) is 0 Å². The van der Waals surface area contributed by atoms with E-state index in [1.54, 1.807) is 19.1 Å². The first kappa shape index (κ1) is 13.4. The molecule has 2 N–H and O–H groups in total. The van der Waals surface area contributed by atoms with Crippen LogP contribution in [0.3, 0.4) is 0 Å². The Labute approximate surface area is 107 Å². The maximum absolute atomic E-state index is 13.4. The molecule has 0 bridgehead atoms. The highest BCUT2D eigenvalue weighted by Gasteiger charge is 2.16. The van der Waals surface area contributed by atoms with Crippen LogP contribution in [-0.2, 0) is 0 Å². The molecule has 1 aromatic carbocycles. The number of amides is 1. The van der Waals surface area contributed by atoms with Crippen LogP contribution in [0.15, 0.2) is 18.2 Å². The maximum Gasteiger partial charge on any atom is 0.255 e. The van der Waals surface area contributed by atoms with Gasteiger partial charge in [-0.25, -0.2) is 4.39 Å². The van der Waals surface area contributed by atoms with E-state index in [0.29, 0.717) is 9.99 Å². The van der Waals surface area contributed by atoms with Crippen LogP contribution in [0.2, 0.25) is 0 Å². The van der Waals surface area contributed by atoms with Crippen LogP contribution < -0.4 is 5.32 Å². The van der Waals surface area contributed by atoms with Crippen molar-refractivity contribution >= 4 is 28.5 Å². The Balaban J connectivity index is 2.80. The largest absolute Gasteiger partial charge is 0.396 e. The molecular weight excluding hydrogens is 324 g/mol. The number of carbonyl (C=O) groups excluding carboxylic acids is 1. The molecule has 3 nitrogen and oxygen atoms in total. The summed E-state index contributed by atoms with van der Waals surface area (Å²) < 4.78 is 14.0. The zero-order chi connectivity index (χ0) is 12.1. The van der Waals surface area contributed by atoms with Gasteiger partial charge < -0.3 is 10.4 Å². The molecule has 0 aliphatic carbocycles. The van der Waals surface area contributed by atoms with E-state index in [1.807, 2.05) is 22.6 Å². The molecule has 0 saturated carbocycles. The predicted molar refractivity (Wildman–Crippen MR) is 67.7 cm³/mol. The van der Waals surface area contributed by atoms with Crippen molar-refractivity contribution in [2.24, 2.45) is 0 Å². The van der Waals surface area contributed by atoms with E-state index < -0.39 is 11.7 Å². The normalized spacial score (nSPS) is 12.2. The molecule has 1 aromatic rings. The molecule has 0 radical (unpaired) electrons. The summed E-state index contributed by atoms with van der Waals surface area (Å²) in [5.41, 5.74) is 0.0629. The van der Waals surface area contributed by atoms with Gasteiger partial charge in [-0.1, -0.05) is 6.07 Å². The lowest BCUT2D eigenvalue weighted by Crippen LogP contribution is -2.34. The van der Waals surface area contributed by atoms with Gasteiger partial charge in [0.25, 0.3) is 5.91 Å². The van der Waals surface area contributed by atoms with Crippen LogP contribution in [0.25, 0.3) is 0 Å². The van der Waals surface area contributed by atoms with Gasteiger partial charge in [0.2, 0.25) is 0 Å². The second-order valence-electron chi connectivity index (χ2n) is 3.48. The molecule has 0 fully saturated rings. The summed E-state index contributed by atoms with van der Waals surface area (Å²) in [6, 6.07) is 4.32. The lowest BCUT2D eigenvalue weighted by molar-refractivity contribution is 0.0929. The Hall–Kier alpha value is -0.690. The molecular formula is C11H13FINO2. The second kappa shape index (κ2) is 6.15. The number of aliphatic hydroxyl groups is 1. The van der Waals surface area contributed by atoms with Crippen LogP contribution in [-0.4, -0.2) is 23.7 Å². The molecule has 1 rings (SSSR count). The van der Waals surface area contributed by atoms with Crippen molar-refractivity contribution in [3.05, 3.63) is 33.1 Å². The van der Waals surface area contributed by atoms with Gasteiger partial charge in [-0.05, 0) is 48.1 Å². The minimum atomic E-state index is -0.527. The first-order chi connectivity index (χ1) is 7.56. The molecule has 16 heavy (non-hydrogen) atoms. The SMILES string of the molecule is CC(CCO)NC(=O)c1c(F)cccc1I. The number of nitrogens with one attached hydrogen (secondary N) is 1. The smallest absolute Gasteiger partial charge is 0.255 e. The van der Waals surface area contributed by atoms with Gasteiger partial charge in [-0.2, -0.15) is 0 Å². The number of aliphatic hydroxyl groups excluding tert-OH is 1. The van der Waals surface area contributed by atoms with Gasteiger partial charge in [0, 0.05) is 16.2 Å². The third kappa shape index (κ3) is 3.41. The van der Waals surface area contributed by atoms with Gasteiger partial charge in [-0.15, -0.1) is 0 Å².